The number of fused-ring (bicyclic) bond motifs is 1. The van der Waals surface area contributed by atoms with Gasteiger partial charge in [-0.3, -0.25) is 0 Å². The number of hydrogen-bond donors (Lipinski definition) is 1. The van der Waals surface area contributed by atoms with E-state index in [0.29, 0.717) is 0 Å². The van der Waals surface area contributed by atoms with Crippen LogP contribution in [0.25, 0.3) is 21.9 Å². The van der Waals surface area contributed by atoms with Crippen molar-refractivity contribution < 1.29 is 0 Å². The third kappa shape index (κ3) is 2.84. The molecule has 0 amide bonds. The quantitative estimate of drug-likeness (QED) is 0.736. The van der Waals surface area contributed by atoms with Gasteiger partial charge in [0.05, 0.1) is 0 Å². The van der Waals surface area contributed by atoms with E-state index in [-0.39, 0.29) is 6.04 Å². The zero-order valence-electron chi connectivity index (χ0n) is 12.6. The number of hydrogen-bond acceptors (Lipinski definition) is 1. The number of benzene rings is 3. The Morgan fingerprint density at radius 2 is 1.52 bits per heavy atom. The summed E-state index contributed by atoms with van der Waals surface area (Å²) in [5.41, 5.74) is 11.0. The van der Waals surface area contributed by atoms with Crippen molar-refractivity contribution in [3.05, 3.63) is 71.8 Å². The van der Waals surface area contributed by atoms with Gasteiger partial charge in [-0.2, -0.15) is 0 Å². The molecule has 0 saturated carbocycles. The Morgan fingerprint density at radius 3 is 2.19 bits per heavy atom. The Bertz CT molecular complexity index is 754. The predicted molar refractivity (Wildman–Crippen MR) is 91.5 cm³/mol. The molecule has 3 rings (SSSR count). The highest BCUT2D eigenvalue weighted by Gasteiger charge is 2.06. The molecule has 3 aromatic carbocycles. The largest absolute Gasteiger partial charge is 0.328 e. The first kappa shape index (κ1) is 13.8. The van der Waals surface area contributed by atoms with E-state index in [1.54, 1.807) is 0 Å². The third-order valence-electron chi connectivity index (χ3n) is 3.96. The van der Waals surface area contributed by atoms with E-state index in [9.17, 15) is 0 Å². The van der Waals surface area contributed by atoms with Gasteiger partial charge in [0.1, 0.15) is 0 Å². The van der Waals surface area contributed by atoms with E-state index in [1.807, 2.05) is 6.92 Å². The zero-order chi connectivity index (χ0) is 14.8. The number of rotatable bonds is 3. The first-order valence-electron chi connectivity index (χ1n) is 7.48. The van der Waals surface area contributed by atoms with Crippen molar-refractivity contribution in [2.75, 3.05) is 0 Å². The second-order valence-electron chi connectivity index (χ2n) is 5.85. The smallest absolute Gasteiger partial charge is 0.00509 e. The lowest BCUT2D eigenvalue weighted by atomic mass is 9.94. The first-order chi connectivity index (χ1) is 10.1. The summed E-state index contributed by atoms with van der Waals surface area (Å²) in [6.07, 6.45) is 0.926. The molecule has 0 aliphatic heterocycles. The summed E-state index contributed by atoms with van der Waals surface area (Å²) in [6.45, 7) is 4.21. The number of nitrogens with two attached hydrogens (primary N) is 1. The standard InChI is InChI=1S/C20H21N/c1-14-7-12-19(20-6-4-3-5-18(14)20)17-10-8-16(9-11-17)13-15(2)21/h3-12,15H,13,21H2,1-2H3. The normalized spacial score (nSPS) is 12.5. The van der Waals surface area contributed by atoms with Crippen molar-refractivity contribution in [2.24, 2.45) is 5.73 Å². The molecule has 0 radical (unpaired) electrons. The van der Waals surface area contributed by atoms with E-state index in [1.165, 1.54) is 33.0 Å². The van der Waals surface area contributed by atoms with Gasteiger partial charge in [-0.25, -0.2) is 0 Å². The van der Waals surface area contributed by atoms with Gasteiger partial charge in [0.25, 0.3) is 0 Å². The van der Waals surface area contributed by atoms with Crippen LogP contribution in [0.15, 0.2) is 60.7 Å². The molecule has 0 aliphatic rings. The summed E-state index contributed by atoms with van der Waals surface area (Å²) in [6, 6.07) is 22.0. The highest BCUT2D eigenvalue weighted by Crippen LogP contribution is 2.30. The summed E-state index contributed by atoms with van der Waals surface area (Å²) < 4.78 is 0. The van der Waals surface area contributed by atoms with Crippen LogP contribution in [0.4, 0.5) is 0 Å². The molecule has 0 bridgehead atoms. The van der Waals surface area contributed by atoms with E-state index < -0.39 is 0 Å². The van der Waals surface area contributed by atoms with Crippen LogP contribution in [0.3, 0.4) is 0 Å². The average Bonchev–Trinajstić information content (AvgIpc) is 2.48. The minimum absolute atomic E-state index is 0.205. The van der Waals surface area contributed by atoms with Crippen molar-refractivity contribution in [2.45, 2.75) is 26.3 Å². The summed E-state index contributed by atoms with van der Waals surface area (Å²) in [4.78, 5) is 0. The van der Waals surface area contributed by atoms with Crippen molar-refractivity contribution in [1.82, 2.24) is 0 Å². The van der Waals surface area contributed by atoms with Gasteiger partial charge in [0, 0.05) is 6.04 Å². The predicted octanol–water partition coefficient (Wildman–Crippen LogP) is 4.70. The molecule has 21 heavy (non-hydrogen) atoms. The Morgan fingerprint density at radius 1 is 0.857 bits per heavy atom. The second kappa shape index (κ2) is 5.71. The van der Waals surface area contributed by atoms with E-state index >= 15 is 0 Å². The Labute approximate surface area is 126 Å². The fraction of sp³-hybridized carbons (Fsp3) is 0.200. The third-order valence-corrected chi connectivity index (χ3v) is 3.96. The van der Waals surface area contributed by atoms with Gasteiger partial charge in [0.2, 0.25) is 0 Å². The van der Waals surface area contributed by atoms with Crippen LogP contribution in [0.2, 0.25) is 0 Å². The maximum Gasteiger partial charge on any atom is 0.00509 e. The SMILES string of the molecule is Cc1ccc(-c2ccc(CC(C)N)cc2)c2ccccc12. The lowest BCUT2D eigenvalue weighted by Crippen LogP contribution is -2.17. The van der Waals surface area contributed by atoms with Gasteiger partial charge < -0.3 is 5.73 Å². The molecule has 1 nitrogen and oxygen atoms in total. The second-order valence-corrected chi connectivity index (χ2v) is 5.85. The van der Waals surface area contributed by atoms with Crippen LogP contribution in [-0.2, 0) is 6.42 Å². The van der Waals surface area contributed by atoms with Crippen LogP contribution < -0.4 is 5.73 Å². The molecular weight excluding hydrogens is 254 g/mol. The zero-order valence-corrected chi connectivity index (χ0v) is 12.6. The highest BCUT2D eigenvalue weighted by atomic mass is 14.6. The molecular formula is C20H21N. The molecule has 1 heteroatoms. The topological polar surface area (TPSA) is 26.0 Å². The van der Waals surface area contributed by atoms with Gasteiger partial charge in [0.15, 0.2) is 0 Å². The van der Waals surface area contributed by atoms with Crippen LogP contribution in [0, 0.1) is 6.92 Å². The summed E-state index contributed by atoms with van der Waals surface area (Å²) in [5, 5.41) is 2.65. The van der Waals surface area contributed by atoms with Crippen LogP contribution >= 0.6 is 0 Å². The molecule has 0 aromatic heterocycles. The Balaban J connectivity index is 2.06. The van der Waals surface area contributed by atoms with Crippen molar-refractivity contribution in [3.8, 4) is 11.1 Å². The summed E-state index contributed by atoms with van der Waals surface area (Å²) in [5.74, 6) is 0. The maximum absolute atomic E-state index is 5.86. The van der Waals surface area contributed by atoms with E-state index in [4.69, 9.17) is 5.73 Å². The Kier molecular flexibility index (Phi) is 3.76. The molecule has 0 heterocycles. The monoisotopic (exact) mass is 275 g/mol. The fourth-order valence-electron chi connectivity index (χ4n) is 2.89. The van der Waals surface area contributed by atoms with Crippen LogP contribution in [-0.4, -0.2) is 6.04 Å². The van der Waals surface area contributed by atoms with Gasteiger partial charge in [-0.15, -0.1) is 0 Å². The Hall–Kier alpha value is -2.12. The molecule has 2 N–H and O–H groups in total. The number of aryl methyl sites for hydroxylation is 1. The van der Waals surface area contributed by atoms with E-state index in [0.717, 1.165) is 6.42 Å². The van der Waals surface area contributed by atoms with E-state index in [2.05, 4.69) is 67.6 Å². The van der Waals surface area contributed by atoms with Gasteiger partial charge in [-0.05, 0) is 53.3 Å². The molecule has 0 saturated heterocycles. The molecule has 106 valence electrons. The lowest BCUT2D eigenvalue weighted by Gasteiger charge is -2.11. The first-order valence-corrected chi connectivity index (χ1v) is 7.48. The minimum atomic E-state index is 0.205. The summed E-state index contributed by atoms with van der Waals surface area (Å²) >= 11 is 0. The summed E-state index contributed by atoms with van der Waals surface area (Å²) in [7, 11) is 0. The molecule has 1 atom stereocenters. The van der Waals surface area contributed by atoms with Gasteiger partial charge >= 0.3 is 0 Å². The average molecular weight is 275 g/mol. The van der Waals surface area contributed by atoms with Crippen molar-refractivity contribution in [3.63, 3.8) is 0 Å². The lowest BCUT2D eigenvalue weighted by molar-refractivity contribution is 0.738. The van der Waals surface area contributed by atoms with Crippen molar-refractivity contribution in [1.29, 1.82) is 0 Å². The highest BCUT2D eigenvalue weighted by molar-refractivity contribution is 5.98. The molecule has 0 fully saturated rings. The van der Waals surface area contributed by atoms with Crippen LogP contribution in [0.5, 0.6) is 0 Å². The molecule has 0 aliphatic carbocycles. The van der Waals surface area contributed by atoms with Crippen molar-refractivity contribution >= 4 is 10.8 Å². The molecule has 1 unspecified atom stereocenters. The maximum atomic E-state index is 5.86. The van der Waals surface area contributed by atoms with Crippen LogP contribution in [0.1, 0.15) is 18.1 Å². The fourth-order valence-corrected chi connectivity index (χ4v) is 2.89. The molecule has 0 spiro atoms. The van der Waals surface area contributed by atoms with Gasteiger partial charge in [-0.1, -0.05) is 60.7 Å². The molecule has 3 aromatic rings. The minimum Gasteiger partial charge on any atom is -0.328 e.